The predicted octanol–water partition coefficient (Wildman–Crippen LogP) is 1.32. The van der Waals surface area contributed by atoms with Gasteiger partial charge in [-0.05, 0) is 12.1 Å². The molecule has 0 atom stereocenters. The topological polar surface area (TPSA) is 54.7 Å². The lowest BCUT2D eigenvalue weighted by atomic mass is 10.3. The van der Waals surface area contributed by atoms with Crippen LogP contribution in [-0.4, -0.2) is 51.5 Å². The van der Waals surface area contributed by atoms with Gasteiger partial charge in [0.25, 0.3) is 0 Å². The first kappa shape index (κ1) is 13.0. The Morgan fingerprint density at radius 1 is 1.28 bits per heavy atom. The monoisotopic (exact) mass is 251 g/mol. The van der Waals surface area contributed by atoms with Crippen molar-refractivity contribution >= 4 is 5.69 Å². The van der Waals surface area contributed by atoms with Crippen molar-refractivity contribution in [3.8, 4) is 11.5 Å². The average molecular weight is 251 g/mol. The summed E-state index contributed by atoms with van der Waals surface area (Å²) >= 11 is 0. The third kappa shape index (κ3) is 3.51. The molecule has 0 bridgehead atoms. The SMILES string of the molecule is COc1ccc([NH])cc1OCCN1CCOCC1. The summed E-state index contributed by atoms with van der Waals surface area (Å²) in [5.74, 6) is 1.31. The fraction of sp³-hybridized carbons (Fsp3) is 0.538. The van der Waals surface area contributed by atoms with Crippen molar-refractivity contribution in [3.63, 3.8) is 0 Å². The van der Waals surface area contributed by atoms with Crippen LogP contribution in [0.15, 0.2) is 18.2 Å². The molecule has 1 aromatic rings. The van der Waals surface area contributed by atoms with Crippen molar-refractivity contribution < 1.29 is 14.2 Å². The largest absolute Gasteiger partial charge is 0.493 e. The van der Waals surface area contributed by atoms with Crippen molar-refractivity contribution in [2.75, 3.05) is 46.6 Å². The van der Waals surface area contributed by atoms with Crippen LogP contribution in [0.4, 0.5) is 5.69 Å². The Morgan fingerprint density at radius 2 is 2.06 bits per heavy atom. The quantitative estimate of drug-likeness (QED) is 0.792. The van der Waals surface area contributed by atoms with E-state index in [2.05, 4.69) is 4.90 Å². The highest BCUT2D eigenvalue weighted by Crippen LogP contribution is 2.29. The average Bonchev–Trinajstić information content (AvgIpc) is 2.40. The highest BCUT2D eigenvalue weighted by molar-refractivity contribution is 5.50. The second-order valence-electron chi connectivity index (χ2n) is 4.17. The Balaban J connectivity index is 1.83. The molecule has 0 amide bonds. The molecule has 0 spiro atoms. The summed E-state index contributed by atoms with van der Waals surface area (Å²) in [6.45, 7) is 4.98. The molecule has 0 aliphatic carbocycles. The zero-order chi connectivity index (χ0) is 12.8. The fourth-order valence-corrected chi connectivity index (χ4v) is 1.90. The van der Waals surface area contributed by atoms with E-state index in [9.17, 15) is 0 Å². The van der Waals surface area contributed by atoms with Gasteiger partial charge in [-0.1, -0.05) is 0 Å². The summed E-state index contributed by atoms with van der Waals surface area (Å²) in [6, 6.07) is 5.12. The molecule has 1 radical (unpaired) electrons. The number of rotatable bonds is 5. The summed E-state index contributed by atoms with van der Waals surface area (Å²) in [6.07, 6.45) is 0. The molecule has 0 unspecified atom stereocenters. The van der Waals surface area contributed by atoms with Gasteiger partial charge in [0.15, 0.2) is 11.5 Å². The van der Waals surface area contributed by atoms with Crippen LogP contribution in [0.5, 0.6) is 11.5 Å². The number of benzene rings is 1. The molecule has 99 valence electrons. The Kier molecular flexibility index (Phi) is 4.66. The molecule has 2 rings (SSSR count). The van der Waals surface area contributed by atoms with Gasteiger partial charge in [0.05, 0.1) is 26.0 Å². The van der Waals surface area contributed by atoms with Crippen molar-refractivity contribution in [3.05, 3.63) is 18.2 Å². The maximum atomic E-state index is 7.58. The summed E-state index contributed by atoms with van der Waals surface area (Å²) < 4.78 is 16.2. The molecular weight excluding hydrogens is 232 g/mol. The summed E-state index contributed by atoms with van der Waals surface area (Å²) in [7, 11) is 1.60. The van der Waals surface area contributed by atoms with E-state index >= 15 is 0 Å². The van der Waals surface area contributed by atoms with E-state index in [1.165, 1.54) is 0 Å². The number of methoxy groups -OCH3 is 1. The second-order valence-corrected chi connectivity index (χ2v) is 4.17. The lowest BCUT2D eigenvalue weighted by Crippen LogP contribution is -2.38. The Hall–Kier alpha value is -1.46. The van der Waals surface area contributed by atoms with Gasteiger partial charge in [-0.25, -0.2) is 0 Å². The molecule has 1 fully saturated rings. The molecule has 1 aliphatic heterocycles. The number of morpholine rings is 1. The zero-order valence-electron chi connectivity index (χ0n) is 10.6. The number of hydrogen-bond acceptors (Lipinski definition) is 4. The van der Waals surface area contributed by atoms with E-state index in [4.69, 9.17) is 19.9 Å². The zero-order valence-corrected chi connectivity index (χ0v) is 10.6. The summed E-state index contributed by atoms with van der Waals surface area (Å²) in [5, 5.41) is 0. The molecule has 1 N–H and O–H groups in total. The molecule has 5 heteroatoms. The first-order valence-corrected chi connectivity index (χ1v) is 6.12. The molecule has 18 heavy (non-hydrogen) atoms. The van der Waals surface area contributed by atoms with Gasteiger partial charge in [-0.3, -0.25) is 4.90 Å². The van der Waals surface area contributed by atoms with Crippen LogP contribution in [0.1, 0.15) is 0 Å². The van der Waals surface area contributed by atoms with Crippen LogP contribution >= 0.6 is 0 Å². The second kappa shape index (κ2) is 6.47. The van der Waals surface area contributed by atoms with E-state index in [1.54, 1.807) is 25.3 Å². The first-order chi connectivity index (χ1) is 8.79. The number of hydrogen-bond donors (Lipinski definition) is 0. The molecule has 5 nitrogen and oxygen atoms in total. The molecule has 0 saturated carbocycles. The van der Waals surface area contributed by atoms with Gasteiger partial charge in [-0.2, -0.15) is 0 Å². The van der Waals surface area contributed by atoms with Crippen LogP contribution in [0, 0.1) is 0 Å². The number of nitrogens with zero attached hydrogens (tertiary/aromatic N) is 1. The molecule has 1 aromatic carbocycles. The maximum Gasteiger partial charge on any atom is 0.163 e. The lowest BCUT2D eigenvalue weighted by Gasteiger charge is -2.26. The van der Waals surface area contributed by atoms with Gasteiger partial charge in [0, 0.05) is 25.7 Å². The summed E-state index contributed by atoms with van der Waals surface area (Å²) in [4.78, 5) is 2.31. The molecule has 1 heterocycles. The smallest absolute Gasteiger partial charge is 0.163 e. The van der Waals surface area contributed by atoms with E-state index in [0.717, 1.165) is 32.8 Å². The van der Waals surface area contributed by atoms with E-state index in [-0.39, 0.29) is 0 Å². The van der Waals surface area contributed by atoms with Crippen LogP contribution in [0.25, 0.3) is 0 Å². The van der Waals surface area contributed by atoms with Crippen LogP contribution < -0.4 is 15.2 Å². The van der Waals surface area contributed by atoms with Crippen molar-refractivity contribution in [1.82, 2.24) is 10.6 Å². The first-order valence-electron chi connectivity index (χ1n) is 6.12. The van der Waals surface area contributed by atoms with E-state index < -0.39 is 0 Å². The molecular formula is C13H19N2O3. The van der Waals surface area contributed by atoms with Gasteiger partial charge in [-0.15, -0.1) is 0 Å². The predicted molar refractivity (Wildman–Crippen MR) is 68.5 cm³/mol. The number of ether oxygens (including phenoxy) is 3. The Bertz CT molecular complexity index is 378. The Morgan fingerprint density at radius 3 is 2.78 bits per heavy atom. The van der Waals surface area contributed by atoms with Crippen LogP contribution in [-0.2, 0) is 4.74 Å². The Labute approximate surface area is 107 Å². The highest BCUT2D eigenvalue weighted by atomic mass is 16.5. The van der Waals surface area contributed by atoms with Crippen LogP contribution in [0.3, 0.4) is 0 Å². The van der Waals surface area contributed by atoms with Gasteiger partial charge in [0.1, 0.15) is 6.61 Å². The molecule has 1 saturated heterocycles. The minimum Gasteiger partial charge on any atom is -0.493 e. The minimum absolute atomic E-state index is 0.428. The standard InChI is InChI=1S/C13H19N2O3/c1-16-12-3-2-11(14)10-13(12)18-9-6-15-4-7-17-8-5-15/h2-3,10,14H,4-9H2,1H3. The maximum absolute atomic E-state index is 7.58. The summed E-state index contributed by atoms with van der Waals surface area (Å²) in [5.41, 5.74) is 8.00. The van der Waals surface area contributed by atoms with Crippen molar-refractivity contribution in [2.45, 2.75) is 0 Å². The van der Waals surface area contributed by atoms with Gasteiger partial charge >= 0.3 is 0 Å². The lowest BCUT2D eigenvalue weighted by molar-refractivity contribution is 0.0321. The van der Waals surface area contributed by atoms with Gasteiger partial charge in [0.2, 0.25) is 0 Å². The molecule has 0 aromatic heterocycles. The van der Waals surface area contributed by atoms with Crippen molar-refractivity contribution in [1.29, 1.82) is 0 Å². The van der Waals surface area contributed by atoms with Gasteiger partial charge < -0.3 is 19.9 Å². The number of nitrogens with one attached hydrogen (secondary N) is 1. The van der Waals surface area contributed by atoms with E-state index in [1.807, 2.05) is 0 Å². The highest BCUT2D eigenvalue weighted by Gasteiger charge is 2.11. The van der Waals surface area contributed by atoms with Crippen molar-refractivity contribution in [2.24, 2.45) is 0 Å². The third-order valence-corrected chi connectivity index (χ3v) is 2.93. The molecule has 1 aliphatic rings. The van der Waals surface area contributed by atoms with Crippen LogP contribution in [0.2, 0.25) is 0 Å². The normalized spacial score (nSPS) is 16.5. The minimum atomic E-state index is 0.428. The third-order valence-electron chi connectivity index (χ3n) is 2.93. The fourth-order valence-electron chi connectivity index (χ4n) is 1.90. The van der Waals surface area contributed by atoms with E-state index in [0.29, 0.717) is 23.8 Å².